The number of rotatable bonds is 5. The summed E-state index contributed by atoms with van der Waals surface area (Å²) in [7, 11) is -3.74. The smallest absolute Gasteiger partial charge is 0.261 e. The molecule has 2 rings (SSSR count). The van der Waals surface area contributed by atoms with Crippen LogP contribution < -0.4 is 10.0 Å². The van der Waals surface area contributed by atoms with Crippen molar-refractivity contribution in [3.8, 4) is 0 Å². The molecule has 5 nitrogen and oxygen atoms in total. The molecule has 1 amide bonds. The van der Waals surface area contributed by atoms with Gasteiger partial charge in [0.25, 0.3) is 15.9 Å². The standard InChI is InChI=1S/C15H15BrN2O3S/c1-2-17-15(19)11-4-3-5-14(10-11)22(20,21)18-13-8-6-12(16)7-9-13/h3-10,18H,2H2,1H3,(H,17,19). The van der Waals surface area contributed by atoms with Crippen molar-refractivity contribution in [3.63, 3.8) is 0 Å². The van der Waals surface area contributed by atoms with E-state index >= 15 is 0 Å². The number of carbonyl (C=O) groups excluding carboxylic acids is 1. The van der Waals surface area contributed by atoms with Gasteiger partial charge in [-0.25, -0.2) is 8.42 Å². The number of sulfonamides is 1. The third-order valence-corrected chi connectivity index (χ3v) is 4.75. The van der Waals surface area contributed by atoms with Gasteiger partial charge in [0.2, 0.25) is 0 Å². The molecule has 0 atom stereocenters. The summed E-state index contributed by atoms with van der Waals surface area (Å²) in [6.07, 6.45) is 0. The van der Waals surface area contributed by atoms with Crippen molar-refractivity contribution in [3.05, 3.63) is 58.6 Å². The lowest BCUT2D eigenvalue weighted by Gasteiger charge is -2.09. The molecule has 22 heavy (non-hydrogen) atoms. The van der Waals surface area contributed by atoms with Crippen LogP contribution in [-0.2, 0) is 10.0 Å². The van der Waals surface area contributed by atoms with E-state index in [4.69, 9.17) is 0 Å². The van der Waals surface area contributed by atoms with Gasteiger partial charge in [0, 0.05) is 22.3 Å². The lowest BCUT2D eigenvalue weighted by atomic mass is 10.2. The summed E-state index contributed by atoms with van der Waals surface area (Å²) in [6.45, 7) is 2.28. The lowest BCUT2D eigenvalue weighted by Crippen LogP contribution is -2.23. The Bertz CT molecular complexity index is 774. The zero-order valence-electron chi connectivity index (χ0n) is 11.8. The summed E-state index contributed by atoms with van der Waals surface area (Å²) >= 11 is 3.29. The van der Waals surface area contributed by atoms with Crippen LogP contribution in [0.3, 0.4) is 0 Å². The van der Waals surface area contributed by atoms with E-state index in [1.807, 2.05) is 0 Å². The van der Waals surface area contributed by atoms with Crippen molar-refractivity contribution in [1.82, 2.24) is 5.32 Å². The van der Waals surface area contributed by atoms with Crippen LogP contribution in [0.25, 0.3) is 0 Å². The van der Waals surface area contributed by atoms with E-state index in [0.717, 1.165) is 4.47 Å². The summed E-state index contributed by atoms with van der Waals surface area (Å²) in [6, 6.07) is 12.7. The Morgan fingerprint density at radius 2 is 1.82 bits per heavy atom. The Kier molecular flexibility index (Phi) is 5.20. The van der Waals surface area contributed by atoms with Crippen molar-refractivity contribution in [1.29, 1.82) is 0 Å². The number of carbonyl (C=O) groups is 1. The Hall–Kier alpha value is -1.86. The highest BCUT2D eigenvalue weighted by Crippen LogP contribution is 2.19. The maximum atomic E-state index is 12.4. The van der Waals surface area contributed by atoms with Gasteiger partial charge < -0.3 is 5.32 Å². The van der Waals surface area contributed by atoms with E-state index in [1.165, 1.54) is 12.1 Å². The summed E-state index contributed by atoms with van der Waals surface area (Å²) in [5, 5.41) is 2.64. The van der Waals surface area contributed by atoms with Gasteiger partial charge in [-0.05, 0) is 49.4 Å². The third-order valence-electron chi connectivity index (χ3n) is 2.84. The maximum Gasteiger partial charge on any atom is 0.261 e. The van der Waals surface area contributed by atoms with Crippen molar-refractivity contribution >= 4 is 37.5 Å². The number of anilines is 1. The largest absolute Gasteiger partial charge is 0.352 e. The van der Waals surface area contributed by atoms with Crippen LogP contribution in [0.15, 0.2) is 57.9 Å². The van der Waals surface area contributed by atoms with E-state index < -0.39 is 10.0 Å². The lowest BCUT2D eigenvalue weighted by molar-refractivity contribution is 0.0955. The van der Waals surface area contributed by atoms with Gasteiger partial charge in [-0.3, -0.25) is 9.52 Å². The molecular formula is C15H15BrN2O3S. The molecule has 0 saturated carbocycles. The van der Waals surface area contributed by atoms with E-state index in [1.54, 1.807) is 43.3 Å². The number of benzene rings is 2. The number of halogens is 1. The predicted octanol–water partition coefficient (Wildman–Crippen LogP) is 3.00. The van der Waals surface area contributed by atoms with E-state index in [-0.39, 0.29) is 10.8 Å². The fraction of sp³-hybridized carbons (Fsp3) is 0.133. The Morgan fingerprint density at radius 3 is 2.45 bits per heavy atom. The molecule has 0 aliphatic carbocycles. The van der Waals surface area contributed by atoms with Gasteiger partial charge in [0.15, 0.2) is 0 Å². The molecule has 0 saturated heterocycles. The Morgan fingerprint density at radius 1 is 1.14 bits per heavy atom. The first-order valence-corrected chi connectivity index (χ1v) is 8.86. The monoisotopic (exact) mass is 382 g/mol. The van der Waals surface area contributed by atoms with E-state index in [9.17, 15) is 13.2 Å². The molecule has 0 bridgehead atoms. The number of hydrogen-bond acceptors (Lipinski definition) is 3. The SMILES string of the molecule is CCNC(=O)c1cccc(S(=O)(=O)Nc2ccc(Br)cc2)c1. The first kappa shape index (κ1) is 16.5. The maximum absolute atomic E-state index is 12.4. The molecule has 0 unspecified atom stereocenters. The molecule has 116 valence electrons. The van der Waals surface area contributed by atoms with Crippen LogP contribution in [0.2, 0.25) is 0 Å². The molecule has 0 radical (unpaired) electrons. The van der Waals surface area contributed by atoms with Crippen LogP contribution in [0, 0.1) is 0 Å². The topological polar surface area (TPSA) is 75.3 Å². The first-order valence-electron chi connectivity index (χ1n) is 6.59. The molecule has 0 aromatic heterocycles. The summed E-state index contributed by atoms with van der Waals surface area (Å²) in [4.78, 5) is 11.8. The molecule has 0 aliphatic heterocycles. The summed E-state index contributed by atoms with van der Waals surface area (Å²) in [5.41, 5.74) is 0.757. The molecule has 0 spiro atoms. The molecule has 0 heterocycles. The number of amides is 1. The van der Waals surface area contributed by atoms with Gasteiger partial charge in [-0.2, -0.15) is 0 Å². The van der Waals surface area contributed by atoms with Gasteiger partial charge in [-0.15, -0.1) is 0 Å². The second-order valence-electron chi connectivity index (χ2n) is 4.50. The molecule has 0 aliphatic rings. The molecule has 7 heteroatoms. The fourth-order valence-electron chi connectivity index (χ4n) is 1.80. The van der Waals surface area contributed by atoms with Gasteiger partial charge in [-0.1, -0.05) is 22.0 Å². The minimum Gasteiger partial charge on any atom is -0.352 e. The summed E-state index contributed by atoms with van der Waals surface area (Å²) < 4.78 is 28.1. The zero-order chi connectivity index (χ0) is 16.2. The van der Waals surface area contributed by atoms with Gasteiger partial charge >= 0.3 is 0 Å². The average molecular weight is 383 g/mol. The van der Waals surface area contributed by atoms with Crippen LogP contribution in [0.1, 0.15) is 17.3 Å². The average Bonchev–Trinajstić information content (AvgIpc) is 2.50. The van der Waals surface area contributed by atoms with Crippen LogP contribution >= 0.6 is 15.9 Å². The highest BCUT2D eigenvalue weighted by Gasteiger charge is 2.16. The molecule has 2 N–H and O–H groups in total. The first-order chi connectivity index (χ1) is 10.4. The minimum atomic E-state index is -3.74. The second-order valence-corrected chi connectivity index (χ2v) is 7.10. The minimum absolute atomic E-state index is 0.0409. The highest BCUT2D eigenvalue weighted by atomic mass is 79.9. The Labute approximate surface area is 137 Å². The molecular weight excluding hydrogens is 368 g/mol. The van der Waals surface area contributed by atoms with Crippen LogP contribution in [0.5, 0.6) is 0 Å². The van der Waals surface area contributed by atoms with Crippen molar-refractivity contribution in [2.24, 2.45) is 0 Å². The van der Waals surface area contributed by atoms with Gasteiger partial charge in [0.1, 0.15) is 0 Å². The molecule has 0 fully saturated rings. The van der Waals surface area contributed by atoms with Crippen molar-refractivity contribution in [2.45, 2.75) is 11.8 Å². The van der Waals surface area contributed by atoms with E-state index in [2.05, 4.69) is 26.0 Å². The zero-order valence-corrected chi connectivity index (χ0v) is 14.2. The van der Waals surface area contributed by atoms with Crippen LogP contribution in [0.4, 0.5) is 5.69 Å². The highest BCUT2D eigenvalue weighted by molar-refractivity contribution is 9.10. The molecule has 2 aromatic carbocycles. The predicted molar refractivity (Wildman–Crippen MR) is 89.4 cm³/mol. The number of hydrogen-bond donors (Lipinski definition) is 2. The van der Waals surface area contributed by atoms with E-state index in [0.29, 0.717) is 17.8 Å². The van der Waals surface area contributed by atoms with Gasteiger partial charge in [0.05, 0.1) is 4.90 Å². The second kappa shape index (κ2) is 6.93. The summed E-state index contributed by atoms with van der Waals surface area (Å²) in [5.74, 6) is -0.303. The number of nitrogens with one attached hydrogen (secondary N) is 2. The van der Waals surface area contributed by atoms with Crippen molar-refractivity contribution < 1.29 is 13.2 Å². The quantitative estimate of drug-likeness (QED) is 0.834. The third kappa shape index (κ3) is 4.08. The fourth-order valence-corrected chi connectivity index (χ4v) is 3.17. The molecule has 2 aromatic rings. The van der Waals surface area contributed by atoms with Crippen LogP contribution in [-0.4, -0.2) is 20.9 Å². The van der Waals surface area contributed by atoms with Crippen molar-refractivity contribution in [2.75, 3.05) is 11.3 Å². The Balaban J connectivity index is 2.27. The normalized spacial score (nSPS) is 11.0.